The maximum Gasteiger partial charge on any atom is 0.345 e. The van der Waals surface area contributed by atoms with Crippen LogP contribution in [0.15, 0.2) is 24.3 Å². The summed E-state index contributed by atoms with van der Waals surface area (Å²) < 4.78 is 10.0. The Hall–Kier alpha value is -2.22. The highest BCUT2D eigenvalue weighted by Gasteiger charge is 2.11. The summed E-state index contributed by atoms with van der Waals surface area (Å²) in [5.74, 6) is -0.0311. The fourth-order valence-corrected chi connectivity index (χ4v) is 1.10. The predicted molar refractivity (Wildman–Crippen MR) is 62.1 cm³/mol. The molecule has 90 valence electrons. The van der Waals surface area contributed by atoms with Crippen LogP contribution >= 0.6 is 0 Å². The van der Waals surface area contributed by atoms with Crippen LogP contribution in [0.4, 0.5) is 5.69 Å². The van der Waals surface area contributed by atoms with E-state index in [0.29, 0.717) is 17.9 Å². The first kappa shape index (κ1) is 12.8. The number of carbonyl (C=O) groups is 1. The second-order valence-corrected chi connectivity index (χ2v) is 3.37. The van der Waals surface area contributed by atoms with Gasteiger partial charge in [0.15, 0.2) is 12.7 Å². The molecular weight excluding hydrogens is 220 g/mol. The van der Waals surface area contributed by atoms with E-state index >= 15 is 0 Å². The van der Waals surface area contributed by atoms with Crippen LogP contribution in [0.3, 0.4) is 0 Å². The summed E-state index contributed by atoms with van der Waals surface area (Å²) in [6.07, 6.45) is -0.248. The largest absolute Gasteiger partial charge is 0.482 e. The first-order valence-electron chi connectivity index (χ1n) is 5.23. The van der Waals surface area contributed by atoms with Gasteiger partial charge in [-0.05, 0) is 30.7 Å². The van der Waals surface area contributed by atoms with Crippen LogP contribution in [-0.2, 0) is 9.53 Å². The highest BCUT2D eigenvalue weighted by molar-refractivity contribution is 5.71. The van der Waals surface area contributed by atoms with Gasteiger partial charge in [-0.15, -0.1) is 0 Å². The molecule has 0 spiro atoms. The molecule has 5 nitrogen and oxygen atoms in total. The van der Waals surface area contributed by atoms with Crippen molar-refractivity contribution in [2.24, 2.45) is 0 Å². The Kier molecular flexibility index (Phi) is 4.82. The Bertz CT molecular complexity index is 409. The zero-order chi connectivity index (χ0) is 12.7. The van der Waals surface area contributed by atoms with Gasteiger partial charge in [0.2, 0.25) is 0 Å². The van der Waals surface area contributed by atoms with Crippen molar-refractivity contribution in [3.05, 3.63) is 24.3 Å². The third-order valence-electron chi connectivity index (χ3n) is 2.03. The average Bonchev–Trinajstić information content (AvgIpc) is 2.35. The lowest BCUT2D eigenvalue weighted by atomic mass is 10.3. The SMILES string of the molecule is CCC(C#N)OC(=O)COc1ccc(N)cc1. The molecule has 0 saturated heterocycles. The summed E-state index contributed by atoms with van der Waals surface area (Å²) in [4.78, 5) is 11.3. The Morgan fingerprint density at radius 3 is 2.65 bits per heavy atom. The maximum atomic E-state index is 11.3. The van der Waals surface area contributed by atoms with Crippen molar-refractivity contribution in [3.8, 4) is 11.8 Å². The molecule has 17 heavy (non-hydrogen) atoms. The second kappa shape index (κ2) is 6.38. The number of anilines is 1. The van der Waals surface area contributed by atoms with Crippen LogP contribution in [-0.4, -0.2) is 18.7 Å². The van der Waals surface area contributed by atoms with E-state index in [1.807, 2.05) is 6.07 Å². The molecule has 0 bridgehead atoms. The highest BCUT2D eigenvalue weighted by Crippen LogP contribution is 2.13. The van der Waals surface area contributed by atoms with E-state index in [0.717, 1.165) is 0 Å². The molecule has 0 amide bonds. The molecular formula is C12H14N2O3. The van der Waals surface area contributed by atoms with Crippen molar-refractivity contribution >= 4 is 11.7 Å². The van der Waals surface area contributed by atoms with Gasteiger partial charge >= 0.3 is 5.97 Å². The van der Waals surface area contributed by atoms with Gasteiger partial charge in [0.05, 0.1) is 0 Å². The molecule has 2 N–H and O–H groups in total. The summed E-state index contributed by atoms with van der Waals surface area (Å²) in [6, 6.07) is 8.53. The molecule has 0 aliphatic carbocycles. The second-order valence-electron chi connectivity index (χ2n) is 3.37. The quantitative estimate of drug-likeness (QED) is 0.616. The number of nitrogens with zero attached hydrogens (tertiary/aromatic N) is 1. The minimum Gasteiger partial charge on any atom is -0.482 e. The Balaban J connectivity index is 2.38. The van der Waals surface area contributed by atoms with Crippen LogP contribution < -0.4 is 10.5 Å². The number of benzene rings is 1. The molecule has 1 rings (SSSR count). The van der Waals surface area contributed by atoms with Crippen LogP contribution in [0.1, 0.15) is 13.3 Å². The van der Waals surface area contributed by atoms with E-state index in [1.165, 1.54) is 0 Å². The van der Waals surface area contributed by atoms with Crippen molar-refractivity contribution in [1.29, 1.82) is 5.26 Å². The summed E-state index contributed by atoms with van der Waals surface area (Å²) in [5.41, 5.74) is 6.12. The Morgan fingerprint density at radius 2 is 2.12 bits per heavy atom. The van der Waals surface area contributed by atoms with E-state index in [-0.39, 0.29) is 6.61 Å². The average molecular weight is 234 g/mol. The standard InChI is InChI=1S/C12H14N2O3/c1-2-10(7-13)17-12(15)8-16-11-5-3-9(14)4-6-11/h3-6,10H,2,8,14H2,1H3. The summed E-state index contributed by atoms with van der Waals surface area (Å²) in [7, 11) is 0. The van der Waals surface area contributed by atoms with Gasteiger partial charge in [-0.1, -0.05) is 6.92 Å². The van der Waals surface area contributed by atoms with Crippen molar-refractivity contribution in [2.45, 2.75) is 19.4 Å². The summed E-state index contributed by atoms with van der Waals surface area (Å²) in [5, 5.41) is 8.61. The first-order valence-corrected chi connectivity index (χ1v) is 5.23. The number of esters is 1. The van der Waals surface area contributed by atoms with Gasteiger partial charge in [-0.25, -0.2) is 4.79 Å². The number of nitriles is 1. The van der Waals surface area contributed by atoms with E-state index in [2.05, 4.69) is 0 Å². The Morgan fingerprint density at radius 1 is 1.47 bits per heavy atom. The molecule has 5 heteroatoms. The molecule has 0 radical (unpaired) electrons. The minimum atomic E-state index is -0.711. The molecule has 0 fully saturated rings. The van der Waals surface area contributed by atoms with E-state index in [1.54, 1.807) is 31.2 Å². The summed E-state index contributed by atoms with van der Waals surface area (Å²) >= 11 is 0. The van der Waals surface area contributed by atoms with Crippen molar-refractivity contribution in [3.63, 3.8) is 0 Å². The Labute approximate surface area is 99.7 Å². The van der Waals surface area contributed by atoms with Gasteiger partial charge in [0, 0.05) is 5.69 Å². The monoisotopic (exact) mass is 234 g/mol. The number of ether oxygens (including phenoxy) is 2. The normalized spacial score (nSPS) is 11.3. The molecule has 0 aliphatic heterocycles. The minimum absolute atomic E-state index is 0.220. The van der Waals surface area contributed by atoms with Crippen LogP contribution in [0.5, 0.6) is 5.75 Å². The molecule has 0 aliphatic rings. The van der Waals surface area contributed by atoms with Gasteiger partial charge in [0.1, 0.15) is 11.8 Å². The molecule has 1 unspecified atom stereocenters. The van der Waals surface area contributed by atoms with Gasteiger partial charge in [-0.2, -0.15) is 5.26 Å². The number of nitrogens with two attached hydrogens (primary N) is 1. The van der Waals surface area contributed by atoms with Crippen molar-refractivity contribution in [1.82, 2.24) is 0 Å². The lowest BCUT2D eigenvalue weighted by Gasteiger charge is -2.09. The fraction of sp³-hybridized carbons (Fsp3) is 0.333. The van der Waals surface area contributed by atoms with E-state index in [9.17, 15) is 4.79 Å². The zero-order valence-electron chi connectivity index (χ0n) is 9.55. The fourth-order valence-electron chi connectivity index (χ4n) is 1.10. The number of rotatable bonds is 5. The molecule has 1 aromatic rings. The molecule has 0 heterocycles. The summed E-state index contributed by atoms with van der Waals surface area (Å²) in [6.45, 7) is 1.55. The van der Waals surface area contributed by atoms with Crippen molar-refractivity contribution < 1.29 is 14.3 Å². The molecule has 0 saturated carbocycles. The van der Waals surface area contributed by atoms with E-state index < -0.39 is 12.1 Å². The third-order valence-corrected chi connectivity index (χ3v) is 2.03. The van der Waals surface area contributed by atoms with Gasteiger partial charge < -0.3 is 15.2 Å². The predicted octanol–water partition coefficient (Wildman–Crippen LogP) is 1.49. The number of nitrogen functional groups attached to an aromatic ring is 1. The number of hydrogen-bond donors (Lipinski definition) is 1. The van der Waals surface area contributed by atoms with Crippen LogP contribution in [0, 0.1) is 11.3 Å². The maximum absolute atomic E-state index is 11.3. The van der Waals surface area contributed by atoms with Crippen molar-refractivity contribution in [2.75, 3.05) is 12.3 Å². The lowest BCUT2D eigenvalue weighted by Crippen LogP contribution is -2.21. The van der Waals surface area contributed by atoms with Gasteiger partial charge in [-0.3, -0.25) is 0 Å². The molecule has 1 aromatic carbocycles. The molecule has 0 aromatic heterocycles. The zero-order valence-corrected chi connectivity index (χ0v) is 9.55. The third kappa shape index (κ3) is 4.43. The number of hydrogen-bond acceptors (Lipinski definition) is 5. The van der Waals surface area contributed by atoms with Gasteiger partial charge in [0.25, 0.3) is 0 Å². The topological polar surface area (TPSA) is 85.3 Å². The number of carbonyl (C=O) groups excluding carboxylic acids is 1. The highest BCUT2D eigenvalue weighted by atomic mass is 16.6. The van der Waals surface area contributed by atoms with Crippen LogP contribution in [0.2, 0.25) is 0 Å². The smallest absolute Gasteiger partial charge is 0.345 e. The lowest BCUT2D eigenvalue weighted by molar-refractivity contribution is -0.149. The van der Waals surface area contributed by atoms with E-state index in [4.69, 9.17) is 20.5 Å². The van der Waals surface area contributed by atoms with Crippen LogP contribution in [0.25, 0.3) is 0 Å². The molecule has 1 atom stereocenters. The first-order chi connectivity index (χ1) is 8.15.